The van der Waals surface area contributed by atoms with E-state index in [1.165, 1.54) is 5.56 Å². The summed E-state index contributed by atoms with van der Waals surface area (Å²) in [6.07, 6.45) is 0.740. The summed E-state index contributed by atoms with van der Waals surface area (Å²) < 4.78 is 6.51. The van der Waals surface area contributed by atoms with E-state index >= 15 is 0 Å². The molecule has 0 aliphatic carbocycles. The molecule has 2 atom stereocenters. The number of benzene rings is 1. The zero-order valence-corrected chi connectivity index (χ0v) is 15.3. The molecule has 1 unspecified atom stereocenters. The molecule has 1 saturated heterocycles. The van der Waals surface area contributed by atoms with Crippen molar-refractivity contribution in [1.29, 1.82) is 0 Å². The molecule has 1 aromatic rings. The highest BCUT2D eigenvalue weighted by molar-refractivity contribution is 9.10. The first-order valence-electron chi connectivity index (χ1n) is 7.74. The van der Waals surface area contributed by atoms with Gasteiger partial charge in [0.25, 0.3) is 0 Å². The van der Waals surface area contributed by atoms with Gasteiger partial charge in [-0.25, -0.2) is 4.79 Å². The molecule has 2 rings (SSSR count). The molecule has 1 aliphatic heterocycles. The summed E-state index contributed by atoms with van der Waals surface area (Å²) in [5.41, 5.74) is 0.803. The smallest absolute Gasteiger partial charge is 0.410 e. The maximum Gasteiger partial charge on any atom is 0.410 e. The predicted molar refractivity (Wildman–Crippen MR) is 91.9 cm³/mol. The largest absolute Gasteiger partial charge is 0.444 e. The minimum absolute atomic E-state index is 0.216. The second-order valence-electron chi connectivity index (χ2n) is 6.86. The molecule has 4 nitrogen and oxygen atoms in total. The van der Waals surface area contributed by atoms with E-state index in [-0.39, 0.29) is 12.1 Å². The first kappa shape index (κ1) is 17.3. The highest BCUT2D eigenvalue weighted by atomic mass is 79.9. The van der Waals surface area contributed by atoms with Crippen LogP contribution < -0.4 is 5.32 Å². The lowest BCUT2D eigenvalue weighted by Gasteiger charge is -2.25. The lowest BCUT2D eigenvalue weighted by Crippen LogP contribution is -2.39. The summed E-state index contributed by atoms with van der Waals surface area (Å²) in [5, 5.41) is 3.60. The molecule has 0 aromatic heterocycles. The van der Waals surface area contributed by atoms with Crippen molar-refractivity contribution < 1.29 is 9.53 Å². The summed E-state index contributed by atoms with van der Waals surface area (Å²) in [6.45, 7) is 9.28. The maximum atomic E-state index is 12.1. The summed E-state index contributed by atoms with van der Waals surface area (Å²) in [4.78, 5) is 13.9. The fourth-order valence-electron chi connectivity index (χ4n) is 2.61. The Morgan fingerprint density at radius 2 is 2.18 bits per heavy atom. The normalized spacial score (nSPS) is 20.0. The molecule has 22 heavy (non-hydrogen) atoms. The van der Waals surface area contributed by atoms with E-state index in [9.17, 15) is 4.79 Å². The van der Waals surface area contributed by atoms with Crippen molar-refractivity contribution in [3.8, 4) is 0 Å². The van der Waals surface area contributed by atoms with Gasteiger partial charge >= 0.3 is 6.09 Å². The van der Waals surface area contributed by atoms with Crippen LogP contribution in [0.1, 0.15) is 45.7 Å². The Kier molecular flexibility index (Phi) is 5.50. The number of rotatable bonds is 3. The van der Waals surface area contributed by atoms with E-state index in [0.717, 1.165) is 17.4 Å². The average molecular weight is 369 g/mol. The van der Waals surface area contributed by atoms with Gasteiger partial charge < -0.3 is 15.0 Å². The average Bonchev–Trinajstić information content (AvgIpc) is 2.85. The molecule has 1 aromatic carbocycles. The molecule has 0 bridgehead atoms. The predicted octanol–water partition coefficient (Wildman–Crippen LogP) is 4.11. The van der Waals surface area contributed by atoms with E-state index in [1.54, 1.807) is 4.90 Å². The standard InChI is InChI=1S/C17H25BrN2O2/c1-12(13-6-5-7-14(18)10-13)19-15-8-9-20(11-15)16(21)22-17(2,3)4/h5-7,10,12,15,19H,8-9,11H2,1-4H3/t12-,15?/m1/s1. The lowest BCUT2D eigenvalue weighted by atomic mass is 10.1. The van der Waals surface area contributed by atoms with Crippen LogP contribution in [0.5, 0.6) is 0 Å². The number of carbonyl (C=O) groups excluding carboxylic acids is 1. The topological polar surface area (TPSA) is 41.6 Å². The zero-order chi connectivity index (χ0) is 16.3. The second kappa shape index (κ2) is 7.01. The van der Waals surface area contributed by atoms with Gasteiger partial charge in [0.05, 0.1) is 0 Å². The third kappa shape index (κ3) is 4.99. The van der Waals surface area contributed by atoms with Crippen molar-refractivity contribution in [1.82, 2.24) is 10.2 Å². The van der Waals surface area contributed by atoms with Crippen LogP contribution in [0.3, 0.4) is 0 Å². The van der Waals surface area contributed by atoms with Crippen molar-refractivity contribution in [3.63, 3.8) is 0 Å². The van der Waals surface area contributed by atoms with Crippen LogP contribution in [0.25, 0.3) is 0 Å². The van der Waals surface area contributed by atoms with Crippen LogP contribution in [0.2, 0.25) is 0 Å². The minimum atomic E-state index is -0.438. The first-order chi connectivity index (χ1) is 10.2. The van der Waals surface area contributed by atoms with Crippen LogP contribution >= 0.6 is 15.9 Å². The highest BCUT2D eigenvalue weighted by Gasteiger charge is 2.30. The maximum absolute atomic E-state index is 12.1. The molecular weight excluding hydrogens is 344 g/mol. The number of ether oxygens (including phenoxy) is 1. The molecule has 0 spiro atoms. The van der Waals surface area contributed by atoms with Gasteiger partial charge in [0, 0.05) is 29.6 Å². The van der Waals surface area contributed by atoms with Crippen molar-refractivity contribution in [2.24, 2.45) is 0 Å². The van der Waals surface area contributed by atoms with Gasteiger partial charge in [-0.1, -0.05) is 28.1 Å². The molecule has 1 heterocycles. The highest BCUT2D eigenvalue weighted by Crippen LogP contribution is 2.21. The lowest BCUT2D eigenvalue weighted by molar-refractivity contribution is 0.0290. The molecule has 0 radical (unpaired) electrons. The number of halogens is 1. The molecular formula is C17H25BrN2O2. The van der Waals surface area contributed by atoms with Crippen LogP contribution in [0.4, 0.5) is 4.79 Å². The van der Waals surface area contributed by atoms with Crippen molar-refractivity contribution in [3.05, 3.63) is 34.3 Å². The zero-order valence-electron chi connectivity index (χ0n) is 13.7. The number of nitrogens with one attached hydrogen (secondary N) is 1. The van der Waals surface area contributed by atoms with Crippen LogP contribution in [-0.2, 0) is 4.74 Å². The van der Waals surface area contributed by atoms with Gasteiger partial charge in [0.15, 0.2) is 0 Å². The third-order valence-electron chi connectivity index (χ3n) is 3.67. The van der Waals surface area contributed by atoms with Crippen LogP contribution in [0.15, 0.2) is 28.7 Å². The number of hydrogen-bond donors (Lipinski definition) is 1. The fourth-order valence-corrected chi connectivity index (χ4v) is 3.03. The van der Waals surface area contributed by atoms with E-state index in [2.05, 4.69) is 40.3 Å². The second-order valence-corrected chi connectivity index (χ2v) is 7.77. The number of hydrogen-bond acceptors (Lipinski definition) is 3. The SMILES string of the molecule is C[C@@H](NC1CCN(C(=O)OC(C)(C)C)C1)c1cccc(Br)c1. The summed E-state index contributed by atoms with van der Waals surface area (Å²) in [6, 6.07) is 8.86. The first-order valence-corrected chi connectivity index (χ1v) is 8.53. The Bertz CT molecular complexity index is 528. The Morgan fingerprint density at radius 3 is 2.82 bits per heavy atom. The Balaban J connectivity index is 1.87. The Morgan fingerprint density at radius 1 is 1.45 bits per heavy atom. The van der Waals surface area contributed by atoms with Crippen LogP contribution in [0, 0.1) is 0 Å². The van der Waals surface area contributed by atoms with Gasteiger partial charge in [-0.3, -0.25) is 0 Å². The van der Waals surface area contributed by atoms with E-state index in [4.69, 9.17) is 4.74 Å². The fraction of sp³-hybridized carbons (Fsp3) is 0.588. The summed E-state index contributed by atoms with van der Waals surface area (Å²) in [7, 11) is 0. The number of nitrogens with zero attached hydrogens (tertiary/aromatic N) is 1. The van der Waals surface area contributed by atoms with Crippen molar-refractivity contribution >= 4 is 22.0 Å². The van der Waals surface area contributed by atoms with Gasteiger partial charge in [-0.2, -0.15) is 0 Å². The molecule has 122 valence electrons. The molecule has 5 heteroatoms. The minimum Gasteiger partial charge on any atom is -0.444 e. The Labute approximate surface area is 141 Å². The monoisotopic (exact) mass is 368 g/mol. The molecule has 1 N–H and O–H groups in total. The molecule has 1 fully saturated rings. The molecule has 1 aliphatic rings. The van der Waals surface area contributed by atoms with E-state index in [0.29, 0.717) is 12.6 Å². The van der Waals surface area contributed by atoms with Crippen LogP contribution in [-0.4, -0.2) is 35.7 Å². The molecule has 0 saturated carbocycles. The molecule has 1 amide bonds. The number of likely N-dealkylation sites (tertiary alicyclic amines) is 1. The van der Waals surface area contributed by atoms with Crippen molar-refractivity contribution in [2.45, 2.75) is 51.8 Å². The third-order valence-corrected chi connectivity index (χ3v) is 4.17. The van der Waals surface area contributed by atoms with Crippen molar-refractivity contribution in [2.75, 3.05) is 13.1 Å². The van der Waals surface area contributed by atoms with E-state index in [1.807, 2.05) is 32.9 Å². The van der Waals surface area contributed by atoms with Gasteiger partial charge in [0.2, 0.25) is 0 Å². The van der Waals surface area contributed by atoms with E-state index < -0.39 is 5.60 Å². The quantitative estimate of drug-likeness (QED) is 0.872. The Hall–Kier alpha value is -1.07. The van der Waals surface area contributed by atoms with Gasteiger partial charge in [0.1, 0.15) is 5.60 Å². The number of amides is 1. The van der Waals surface area contributed by atoms with Gasteiger partial charge in [-0.05, 0) is 51.8 Å². The number of carbonyl (C=O) groups is 1. The summed E-state index contributed by atoms with van der Waals surface area (Å²) in [5.74, 6) is 0. The summed E-state index contributed by atoms with van der Waals surface area (Å²) >= 11 is 3.50. The van der Waals surface area contributed by atoms with Gasteiger partial charge in [-0.15, -0.1) is 0 Å².